The number of carbonyl (C=O) groups is 4. The number of Topliss-reactive ketones (excluding diaryl/α,β-unsaturated/α-hetero) is 1. The summed E-state index contributed by atoms with van der Waals surface area (Å²) in [6.07, 6.45) is -0.0242. The van der Waals surface area contributed by atoms with Gasteiger partial charge in [-0.05, 0) is 6.42 Å². The first-order valence-electron chi connectivity index (χ1n) is 7.50. The minimum atomic E-state index is -1.15. The summed E-state index contributed by atoms with van der Waals surface area (Å²) in [5, 5.41) is 27.4. The Hall–Kier alpha value is -2.10. The average Bonchev–Trinajstić information content (AvgIpc) is 2.81. The van der Waals surface area contributed by atoms with Crippen LogP contribution in [0.1, 0.15) is 25.7 Å². The molecule has 1 rings (SSSR count). The van der Waals surface area contributed by atoms with Crippen molar-refractivity contribution < 1.29 is 39.2 Å². The molecule has 134 valence electrons. The average molecular weight is 343 g/mol. The quantitative estimate of drug-likeness (QED) is 0.378. The first-order valence-corrected chi connectivity index (χ1v) is 7.50. The molecule has 0 spiro atoms. The topological polar surface area (TPSA) is 141 Å². The highest BCUT2D eigenvalue weighted by Gasteiger charge is 2.23. The number of imide groups is 1. The van der Waals surface area contributed by atoms with Crippen molar-refractivity contribution >= 4 is 23.6 Å². The van der Waals surface area contributed by atoms with Gasteiger partial charge in [-0.2, -0.15) is 0 Å². The van der Waals surface area contributed by atoms with Crippen LogP contribution in [0, 0.1) is 0 Å². The van der Waals surface area contributed by atoms with Crippen LogP contribution in [0.4, 0.5) is 0 Å². The van der Waals surface area contributed by atoms with E-state index >= 15 is 0 Å². The number of carbonyl (C=O) groups excluding carboxylic acids is 3. The molecule has 0 aromatic heterocycles. The number of amides is 2. The van der Waals surface area contributed by atoms with E-state index in [9.17, 15) is 29.4 Å². The Morgan fingerprint density at radius 2 is 1.62 bits per heavy atom. The van der Waals surface area contributed by atoms with E-state index in [1.54, 1.807) is 0 Å². The summed E-state index contributed by atoms with van der Waals surface area (Å²) in [7, 11) is 0. The molecular weight excluding hydrogens is 322 g/mol. The summed E-state index contributed by atoms with van der Waals surface area (Å²) in [6.45, 7) is -0.335. The van der Waals surface area contributed by atoms with E-state index in [1.165, 1.54) is 0 Å². The van der Waals surface area contributed by atoms with Gasteiger partial charge in [0.15, 0.2) is 0 Å². The molecule has 0 fully saturated rings. The van der Waals surface area contributed by atoms with Crippen LogP contribution in [0.3, 0.4) is 0 Å². The molecule has 0 saturated carbocycles. The summed E-state index contributed by atoms with van der Waals surface area (Å²) in [5.74, 6) is -2.24. The minimum absolute atomic E-state index is 0.0114. The van der Waals surface area contributed by atoms with Crippen LogP contribution in [0.15, 0.2) is 12.2 Å². The third-order valence-corrected chi connectivity index (χ3v) is 3.30. The monoisotopic (exact) mass is 343 g/mol. The Morgan fingerprint density at radius 3 is 2.21 bits per heavy atom. The third-order valence-electron chi connectivity index (χ3n) is 3.30. The molecule has 1 aliphatic heterocycles. The zero-order valence-electron chi connectivity index (χ0n) is 13.1. The maximum Gasteiger partial charge on any atom is 0.306 e. The van der Waals surface area contributed by atoms with Crippen LogP contribution in [0.5, 0.6) is 0 Å². The Morgan fingerprint density at radius 1 is 1.04 bits per heavy atom. The van der Waals surface area contributed by atoms with Crippen molar-refractivity contribution in [2.75, 3.05) is 19.8 Å². The standard InChI is InChI=1S/C15H21NO8/c17-10(5-6-16-13(20)3-4-14(16)21)1-2-11(18)8-24-9-12(19)7-15(22)23/h3-4,11-12,18-19H,1-2,5-9H2,(H,22,23). The van der Waals surface area contributed by atoms with Crippen molar-refractivity contribution in [1.29, 1.82) is 0 Å². The fourth-order valence-electron chi connectivity index (χ4n) is 2.02. The number of ketones is 1. The number of hydrogen-bond acceptors (Lipinski definition) is 7. The molecule has 1 aliphatic rings. The van der Waals surface area contributed by atoms with E-state index in [0.29, 0.717) is 0 Å². The highest BCUT2D eigenvalue weighted by molar-refractivity contribution is 6.13. The van der Waals surface area contributed by atoms with Gasteiger partial charge in [0.1, 0.15) is 5.78 Å². The summed E-state index contributed by atoms with van der Waals surface area (Å²) >= 11 is 0. The largest absolute Gasteiger partial charge is 0.481 e. The summed E-state index contributed by atoms with van der Waals surface area (Å²) in [6, 6.07) is 0. The van der Waals surface area contributed by atoms with E-state index in [4.69, 9.17) is 9.84 Å². The zero-order valence-corrected chi connectivity index (χ0v) is 13.1. The molecule has 24 heavy (non-hydrogen) atoms. The van der Waals surface area contributed by atoms with Crippen LogP contribution >= 0.6 is 0 Å². The lowest BCUT2D eigenvalue weighted by atomic mass is 10.1. The first-order chi connectivity index (χ1) is 11.3. The SMILES string of the molecule is O=C(O)CC(O)COCC(O)CCC(=O)CCN1C(=O)C=CC1=O. The molecule has 1 heterocycles. The number of aliphatic carboxylic acids is 1. The maximum absolute atomic E-state index is 11.7. The highest BCUT2D eigenvalue weighted by Crippen LogP contribution is 2.07. The van der Waals surface area contributed by atoms with E-state index in [2.05, 4.69) is 0 Å². The molecule has 0 bridgehead atoms. The molecule has 2 amide bonds. The molecule has 2 unspecified atom stereocenters. The van der Waals surface area contributed by atoms with Gasteiger partial charge in [0.05, 0.1) is 31.8 Å². The van der Waals surface area contributed by atoms with E-state index in [0.717, 1.165) is 17.1 Å². The van der Waals surface area contributed by atoms with E-state index < -0.39 is 36.4 Å². The Bertz CT molecular complexity index is 498. The fraction of sp³-hybridized carbons (Fsp3) is 0.600. The molecule has 0 saturated heterocycles. The number of carboxylic acid groups (broad SMARTS) is 1. The second-order valence-electron chi connectivity index (χ2n) is 5.43. The molecule has 0 aromatic rings. The van der Waals surface area contributed by atoms with E-state index in [1.807, 2.05) is 0 Å². The molecule has 0 aromatic carbocycles. The lowest BCUT2D eigenvalue weighted by molar-refractivity contribution is -0.141. The van der Waals surface area contributed by atoms with Gasteiger partial charge in [0, 0.05) is 31.5 Å². The number of nitrogens with zero attached hydrogens (tertiary/aromatic N) is 1. The van der Waals surface area contributed by atoms with Crippen LogP contribution in [0.25, 0.3) is 0 Å². The number of aliphatic hydroxyl groups is 2. The summed E-state index contributed by atoms with van der Waals surface area (Å²) in [5.41, 5.74) is 0. The lowest BCUT2D eigenvalue weighted by Gasteiger charge is -2.14. The second-order valence-corrected chi connectivity index (χ2v) is 5.43. The van der Waals surface area contributed by atoms with Gasteiger partial charge < -0.3 is 20.1 Å². The third kappa shape index (κ3) is 7.44. The molecule has 9 heteroatoms. The molecule has 9 nitrogen and oxygen atoms in total. The van der Waals surface area contributed by atoms with Gasteiger partial charge in [0.25, 0.3) is 11.8 Å². The minimum Gasteiger partial charge on any atom is -0.481 e. The summed E-state index contributed by atoms with van der Waals surface area (Å²) in [4.78, 5) is 45.6. The second kappa shape index (κ2) is 9.91. The van der Waals surface area contributed by atoms with Crippen molar-refractivity contribution in [3.8, 4) is 0 Å². The van der Waals surface area contributed by atoms with Crippen molar-refractivity contribution in [1.82, 2.24) is 4.90 Å². The van der Waals surface area contributed by atoms with Gasteiger partial charge in [-0.1, -0.05) is 0 Å². The normalized spacial score (nSPS) is 16.5. The number of carboxylic acids is 1. The zero-order chi connectivity index (χ0) is 18.1. The van der Waals surface area contributed by atoms with Gasteiger partial charge in [0.2, 0.25) is 0 Å². The van der Waals surface area contributed by atoms with Crippen molar-refractivity contribution in [2.24, 2.45) is 0 Å². The number of ether oxygens (including phenoxy) is 1. The van der Waals surface area contributed by atoms with Crippen LogP contribution in [-0.2, 0) is 23.9 Å². The van der Waals surface area contributed by atoms with Gasteiger partial charge in [-0.25, -0.2) is 0 Å². The van der Waals surface area contributed by atoms with Crippen molar-refractivity contribution in [3.05, 3.63) is 12.2 Å². The lowest BCUT2D eigenvalue weighted by Crippen LogP contribution is -2.32. The Labute approximate surface area is 138 Å². The number of hydrogen-bond donors (Lipinski definition) is 3. The Kier molecular flexibility index (Phi) is 8.24. The van der Waals surface area contributed by atoms with Gasteiger partial charge in [-0.3, -0.25) is 24.1 Å². The highest BCUT2D eigenvalue weighted by atomic mass is 16.5. The smallest absolute Gasteiger partial charge is 0.306 e. The predicted octanol–water partition coefficient (Wildman–Crippen LogP) is -1.14. The van der Waals surface area contributed by atoms with Crippen LogP contribution < -0.4 is 0 Å². The van der Waals surface area contributed by atoms with Gasteiger partial charge in [-0.15, -0.1) is 0 Å². The summed E-state index contributed by atoms with van der Waals surface area (Å²) < 4.78 is 4.98. The van der Waals surface area contributed by atoms with Crippen LogP contribution in [-0.4, -0.2) is 75.8 Å². The molecule has 2 atom stereocenters. The van der Waals surface area contributed by atoms with E-state index in [-0.39, 0.29) is 44.8 Å². The van der Waals surface area contributed by atoms with Crippen molar-refractivity contribution in [2.45, 2.75) is 37.9 Å². The van der Waals surface area contributed by atoms with Gasteiger partial charge >= 0.3 is 5.97 Å². The fourth-order valence-corrected chi connectivity index (χ4v) is 2.02. The number of aliphatic hydroxyl groups excluding tert-OH is 2. The maximum atomic E-state index is 11.7. The van der Waals surface area contributed by atoms with Crippen molar-refractivity contribution in [3.63, 3.8) is 0 Å². The number of rotatable bonds is 12. The Balaban J connectivity index is 2.12. The molecule has 0 aliphatic carbocycles. The van der Waals surface area contributed by atoms with Crippen LogP contribution in [0.2, 0.25) is 0 Å². The molecular formula is C15H21NO8. The first kappa shape index (κ1) is 19.9. The predicted molar refractivity (Wildman–Crippen MR) is 79.8 cm³/mol. The molecule has 0 radical (unpaired) electrons. The molecule has 3 N–H and O–H groups in total.